The normalized spacial score (nSPS) is 15.4. The molecule has 2 amide bonds. The number of carboxylic acids is 1. The maximum absolute atomic E-state index is 13.2. The van der Waals surface area contributed by atoms with Gasteiger partial charge in [0.2, 0.25) is 12.3 Å². The van der Waals surface area contributed by atoms with Crippen LogP contribution in [0.1, 0.15) is 42.7 Å². The number of carbonyl (C=O) groups is 3. The van der Waals surface area contributed by atoms with Gasteiger partial charge < -0.3 is 20.1 Å². The molecule has 2 aliphatic rings. The topological polar surface area (TPSA) is 95.9 Å². The van der Waals surface area contributed by atoms with Gasteiger partial charge in [-0.15, -0.1) is 0 Å². The van der Waals surface area contributed by atoms with E-state index < -0.39 is 36.9 Å². The van der Waals surface area contributed by atoms with E-state index in [0.29, 0.717) is 12.8 Å². The maximum atomic E-state index is 13.2. The molecular weight excluding hydrogens is 446 g/mol. The van der Waals surface area contributed by atoms with Crippen LogP contribution in [-0.2, 0) is 14.3 Å². The van der Waals surface area contributed by atoms with Gasteiger partial charge in [0, 0.05) is 24.9 Å². The van der Waals surface area contributed by atoms with Gasteiger partial charge in [0.15, 0.2) is 0 Å². The Bertz CT molecular complexity index is 1030. The average Bonchev–Trinajstić information content (AvgIpc) is 3.59. The number of hydrogen-bond donors (Lipinski definition) is 2. The summed E-state index contributed by atoms with van der Waals surface area (Å²) in [6.07, 6.45) is -3.61. The molecule has 0 radical (unpaired) electrons. The minimum absolute atomic E-state index is 0.0131. The van der Waals surface area contributed by atoms with Gasteiger partial charge in [-0.25, -0.2) is 13.6 Å². The lowest BCUT2D eigenvalue weighted by Crippen LogP contribution is -2.50. The number of benzene rings is 2. The Morgan fingerprint density at radius 1 is 1.03 bits per heavy atom. The Balaban J connectivity index is 1.42. The predicted molar refractivity (Wildman–Crippen MR) is 120 cm³/mol. The van der Waals surface area contributed by atoms with Crippen LogP contribution in [0.15, 0.2) is 48.5 Å². The van der Waals surface area contributed by atoms with Crippen LogP contribution >= 0.6 is 0 Å². The summed E-state index contributed by atoms with van der Waals surface area (Å²) in [4.78, 5) is 37.7. The van der Waals surface area contributed by atoms with Crippen LogP contribution in [0.25, 0.3) is 11.1 Å². The lowest BCUT2D eigenvalue weighted by atomic mass is 9.98. The van der Waals surface area contributed by atoms with Crippen molar-refractivity contribution in [1.29, 1.82) is 0 Å². The number of nitrogens with one attached hydrogen (secondary N) is 1. The molecular formula is C25H26F2N2O5. The van der Waals surface area contributed by atoms with Crippen molar-refractivity contribution in [2.75, 3.05) is 13.2 Å². The summed E-state index contributed by atoms with van der Waals surface area (Å²) >= 11 is 0. The fourth-order valence-corrected chi connectivity index (χ4v) is 4.46. The van der Waals surface area contributed by atoms with Gasteiger partial charge in [0.1, 0.15) is 12.6 Å². The number of aliphatic carboxylic acids is 1. The van der Waals surface area contributed by atoms with Crippen LogP contribution in [0.3, 0.4) is 0 Å². The average molecular weight is 472 g/mol. The molecule has 7 nitrogen and oxygen atoms in total. The second-order valence-electron chi connectivity index (χ2n) is 8.56. The molecule has 1 fully saturated rings. The van der Waals surface area contributed by atoms with E-state index in [2.05, 4.69) is 5.32 Å². The molecule has 2 aliphatic carbocycles. The van der Waals surface area contributed by atoms with Crippen molar-refractivity contribution < 1.29 is 33.0 Å². The lowest BCUT2D eigenvalue weighted by molar-refractivity contribution is -0.139. The summed E-state index contributed by atoms with van der Waals surface area (Å²) in [5.41, 5.74) is 4.11. The highest BCUT2D eigenvalue weighted by Gasteiger charge is 2.38. The Labute approximate surface area is 195 Å². The van der Waals surface area contributed by atoms with E-state index in [9.17, 15) is 23.2 Å². The number of rotatable bonds is 10. The number of halogens is 2. The van der Waals surface area contributed by atoms with Gasteiger partial charge >= 0.3 is 12.1 Å². The third-order valence-electron chi connectivity index (χ3n) is 6.19. The fourth-order valence-electron chi connectivity index (χ4n) is 4.46. The second-order valence-corrected chi connectivity index (χ2v) is 8.56. The van der Waals surface area contributed by atoms with Crippen molar-refractivity contribution >= 4 is 18.0 Å². The standard InChI is InChI=1S/C25H26F2N2O5/c26-22(27)13-21(24(32)29(15-9-10-15)12-11-23(30)31)28-25(33)34-14-20-18-7-3-1-5-16(18)17-6-2-4-8-19(17)20/h1-8,15,20-22H,9-14H2,(H,28,33)(H,30,31). The number of carbonyl (C=O) groups excluding carboxylic acids is 2. The smallest absolute Gasteiger partial charge is 0.407 e. The van der Waals surface area contributed by atoms with Gasteiger partial charge in [-0.05, 0) is 35.1 Å². The SMILES string of the molecule is O=C(O)CCN(C(=O)C(CC(F)F)NC(=O)OCC1c2ccccc2-c2ccccc21)C1CC1. The van der Waals surface area contributed by atoms with Crippen LogP contribution in [0.4, 0.5) is 13.6 Å². The van der Waals surface area contributed by atoms with Crippen molar-refractivity contribution in [1.82, 2.24) is 10.2 Å². The summed E-state index contributed by atoms with van der Waals surface area (Å²) in [5, 5.41) is 11.2. The molecule has 2 aromatic carbocycles. The Morgan fingerprint density at radius 3 is 2.15 bits per heavy atom. The largest absolute Gasteiger partial charge is 0.481 e. The van der Waals surface area contributed by atoms with Gasteiger partial charge in [-0.2, -0.15) is 0 Å². The van der Waals surface area contributed by atoms with Crippen LogP contribution in [0.5, 0.6) is 0 Å². The molecule has 1 saturated carbocycles. The summed E-state index contributed by atoms with van der Waals surface area (Å²) in [7, 11) is 0. The van der Waals surface area contributed by atoms with Crippen LogP contribution in [0, 0.1) is 0 Å². The van der Waals surface area contributed by atoms with E-state index in [1.54, 1.807) is 0 Å². The molecule has 2 aromatic rings. The number of hydrogen-bond acceptors (Lipinski definition) is 4. The summed E-state index contributed by atoms with van der Waals surface area (Å²) < 4.78 is 31.8. The summed E-state index contributed by atoms with van der Waals surface area (Å²) in [6.45, 7) is -0.105. The quantitative estimate of drug-likeness (QED) is 0.545. The first-order valence-corrected chi connectivity index (χ1v) is 11.3. The van der Waals surface area contributed by atoms with Crippen LogP contribution in [0.2, 0.25) is 0 Å². The van der Waals surface area contributed by atoms with E-state index >= 15 is 0 Å². The zero-order valence-electron chi connectivity index (χ0n) is 18.5. The molecule has 0 saturated heterocycles. The maximum Gasteiger partial charge on any atom is 0.407 e. The number of fused-ring (bicyclic) bond motifs is 3. The summed E-state index contributed by atoms with van der Waals surface area (Å²) in [6, 6.07) is 13.9. The molecule has 9 heteroatoms. The second kappa shape index (κ2) is 10.2. The highest BCUT2D eigenvalue weighted by molar-refractivity contribution is 5.86. The van der Waals surface area contributed by atoms with E-state index in [1.807, 2.05) is 48.5 Å². The van der Waals surface area contributed by atoms with Crippen molar-refractivity contribution in [2.24, 2.45) is 0 Å². The van der Waals surface area contributed by atoms with Crippen LogP contribution in [-0.4, -0.2) is 59.6 Å². The van der Waals surface area contributed by atoms with Gasteiger partial charge in [-0.3, -0.25) is 9.59 Å². The highest BCUT2D eigenvalue weighted by Crippen LogP contribution is 2.44. The molecule has 180 valence electrons. The van der Waals surface area contributed by atoms with E-state index in [1.165, 1.54) is 4.90 Å². The van der Waals surface area contributed by atoms with Crippen molar-refractivity contribution in [3.05, 3.63) is 59.7 Å². The highest BCUT2D eigenvalue weighted by atomic mass is 19.3. The first-order valence-electron chi connectivity index (χ1n) is 11.3. The molecule has 2 N–H and O–H groups in total. The number of amides is 2. The lowest BCUT2D eigenvalue weighted by Gasteiger charge is -2.27. The number of alkyl carbamates (subject to hydrolysis) is 1. The van der Waals surface area contributed by atoms with Crippen molar-refractivity contribution in [2.45, 2.75) is 50.1 Å². The minimum atomic E-state index is -2.83. The molecule has 34 heavy (non-hydrogen) atoms. The Morgan fingerprint density at radius 2 is 1.62 bits per heavy atom. The van der Waals surface area contributed by atoms with Gasteiger partial charge in [0.05, 0.1) is 6.42 Å². The zero-order valence-corrected chi connectivity index (χ0v) is 18.5. The molecule has 0 heterocycles. The van der Waals surface area contributed by atoms with Crippen molar-refractivity contribution in [3.63, 3.8) is 0 Å². The van der Waals surface area contributed by atoms with E-state index in [4.69, 9.17) is 9.84 Å². The first kappa shape index (κ1) is 23.7. The first-order chi connectivity index (χ1) is 16.3. The third-order valence-corrected chi connectivity index (χ3v) is 6.19. The molecule has 4 rings (SSSR count). The summed E-state index contributed by atoms with van der Waals surface area (Å²) in [5.74, 6) is -2.01. The molecule has 0 aromatic heterocycles. The molecule has 0 bridgehead atoms. The zero-order chi connectivity index (χ0) is 24.2. The Hall–Kier alpha value is -3.49. The predicted octanol–water partition coefficient (Wildman–Crippen LogP) is 4.01. The third kappa shape index (κ3) is 5.35. The Kier molecular flexibility index (Phi) is 7.09. The monoisotopic (exact) mass is 472 g/mol. The van der Waals surface area contributed by atoms with E-state index in [0.717, 1.165) is 22.3 Å². The molecule has 1 unspecified atom stereocenters. The van der Waals surface area contributed by atoms with Gasteiger partial charge in [0.25, 0.3) is 0 Å². The van der Waals surface area contributed by atoms with Gasteiger partial charge in [-0.1, -0.05) is 48.5 Å². The molecule has 0 aliphatic heterocycles. The number of nitrogens with zero attached hydrogens (tertiary/aromatic N) is 1. The van der Waals surface area contributed by atoms with Crippen LogP contribution < -0.4 is 5.32 Å². The number of ether oxygens (including phenoxy) is 1. The number of carboxylic acid groups (broad SMARTS) is 1. The number of alkyl halides is 2. The molecule has 0 spiro atoms. The minimum Gasteiger partial charge on any atom is -0.481 e. The van der Waals surface area contributed by atoms with E-state index in [-0.39, 0.29) is 31.5 Å². The molecule has 1 atom stereocenters. The fraction of sp³-hybridized carbons (Fsp3) is 0.400. The van der Waals surface area contributed by atoms with Crippen molar-refractivity contribution in [3.8, 4) is 11.1 Å².